The molecule has 1 fully saturated rings. The number of aromatic nitrogens is 2. The van der Waals surface area contributed by atoms with Crippen LogP contribution in [0.3, 0.4) is 0 Å². The second kappa shape index (κ2) is 10.1. The van der Waals surface area contributed by atoms with E-state index in [-0.39, 0.29) is 5.56 Å². The maximum absolute atomic E-state index is 12.4. The van der Waals surface area contributed by atoms with Gasteiger partial charge in [0, 0.05) is 30.2 Å². The van der Waals surface area contributed by atoms with Crippen molar-refractivity contribution in [1.82, 2.24) is 9.97 Å². The molecule has 1 unspecified atom stereocenters. The topological polar surface area (TPSA) is 67.0 Å². The Bertz CT molecular complexity index is 787. The summed E-state index contributed by atoms with van der Waals surface area (Å²) < 4.78 is 5.41. The number of thioether (sulfide) groups is 1. The Balaban J connectivity index is 1.66. The molecule has 1 aliphatic carbocycles. The number of hydrogen-bond acceptors (Lipinski definition) is 5. The zero-order valence-corrected chi connectivity index (χ0v) is 17.2. The van der Waals surface area contributed by atoms with Crippen LogP contribution in [0.5, 0.6) is 0 Å². The number of nitrogens with one attached hydrogen (secondary N) is 2. The summed E-state index contributed by atoms with van der Waals surface area (Å²) in [6.07, 6.45) is 7.39. The molecule has 6 heteroatoms. The largest absolute Gasteiger partial charge is 0.382 e. The number of fused-ring (bicyclic) bond motifs is 1. The number of hydrogen-bond donors (Lipinski definition) is 2. The number of aromatic amines is 1. The van der Waals surface area contributed by atoms with Crippen LogP contribution in [-0.2, 0) is 10.5 Å². The summed E-state index contributed by atoms with van der Waals surface area (Å²) >= 11 is 1.80. The minimum absolute atomic E-state index is 0.0539. The smallest absolute Gasteiger partial charge is 0.258 e. The molecular formula is C21H31N3O2S. The third kappa shape index (κ3) is 5.98. The van der Waals surface area contributed by atoms with Crippen molar-refractivity contribution in [2.75, 3.05) is 18.5 Å². The molecule has 0 radical (unpaired) electrons. The third-order valence-corrected chi connectivity index (χ3v) is 6.35. The van der Waals surface area contributed by atoms with E-state index in [1.54, 1.807) is 11.8 Å². The fourth-order valence-corrected chi connectivity index (χ4v) is 4.37. The van der Waals surface area contributed by atoms with Crippen LogP contribution in [0.2, 0.25) is 0 Å². The molecule has 0 saturated heterocycles. The van der Waals surface area contributed by atoms with Crippen LogP contribution in [0.25, 0.3) is 10.9 Å². The Labute approximate surface area is 165 Å². The standard InChI is InChI=1S/C21H31N3O2S/c1-3-26-12-11-15(2)27-14-20-23-19-13-17(9-10-18(19)21(25)24-20)22-16-7-5-4-6-8-16/h9-10,13,15-16,22H,3-8,11-12,14H2,1-2H3,(H,23,24,25). The molecule has 1 saturated carbocycles. The van der Waals surface area contributed by atoms with Crippen molar-refractivity contribution in [3.63, 3.8) is 0 Å². The summed E-state index contributed by atoms with van der Waals surface area (Å²) in [5.41, 5.74) is 1.79. The lowest BCUT2D eigenvalue weighted by atomic mass is 9.95. The van der Waals surface area contributed by atoms with Gasteiger partial charge in [0.05, 0.1) is 16.7 Å². The Morgan fingerprint density at radius 3 is 2.93 bits per heavy atom. The van der Waals surface area contributed by atoms with Crippen molar-refractivity contribution in [3.8, 4) is 0 Å². The molecule has 1 atom stereocenters. The maximum atomic E-state index is 12.4. The summed E-state index contributed by atoms with van der Waals surface area (Å²) in [4.78, 5) is 20.1. The monoisotopic (exact) mass is 389 g/mol. The van der Waals surface area contributed by atoms with Gasteiger partial charge >= 0.3 is 0 Å². The zero-order chi connectivity index (χ0) is 19.1. The normalized spacial score (nSPS) is 16.5. The number of H-pyrrole nitrogens is 1. The lowest BCUT2D eigenvalue weighted by Gasteiger charge is -2.23. The van der Waals surface area contributed by atoms with Gasteiger partial charge in [-0.15, -0.1) is 0 Å². The van der Waals surface area contributed by atoms with Crippen molar-refractivity contribution in [1.29, 1.82) is 0 Å². The molecule has 2 N–H and O–H groups in total. The van der Waals surface area contributed by atoms with Gasteiger partial charge in [0.15, 0.2) is 0 Å². The van der Waals surface area contributed by atoms with Gasteiger partial charge in [0.1, 0.15) is 5.82 Å². The van der Waals surface area contributed by atoms with Crippen LogP contribution in [0.15, 0.2) is 23.0 Å². The average Bonchev–Trinajstić information content (AvgIpc) is 2.67. The van der Waals surface area contributed by atoms with E-state index < -0.39 is 0 Å². The highest BCUT2D eigenvalue weighted by atomic mass is 32.2. The molecule has 1 aromatic carbocycles. The highest BCUT2D eigenvalue weighted by Crippen LogP contribution is 2.24. The summed E-state index contributed by atoms with van der Waals surface area (Å²) in [5.74, 6) is 1.45. The number of nitrogens with zero attached hydrogens (tertiary/aromatic N) is 1. The van der Waals surface area contributed by atoms with E-state index in [0.717, 1.165) is 36.7 Å². The van der Waals surface area contributed by atoms with Crippen LogP contribution in [-0.4, -0.2) is 34.5 Å². The summed E-state index contributed by atoms with van der Waals surface area (Å²) in [7, 11) is 0. The van der Waals surface area contributed by atoms with Crippen LogP contribution in [0, 0.1) is 0 Å². The van der Waals surface area contributed by atoms with Gasteiger partial charge in [-0.2, -0.15) is 11.8 Å². The zero-order valence-electron chi connectivity index (χ0n) is 16.4. The quantitative estimate of drug-likeness (QED) is 0.608. The number of benzene rings is 1. The van der Waals surface area contributed by atoms with Crippen LogP contribution < -0.4 is 10.9 Å². The van der Waals surface area contributed by atoms with Crippen molar-refractivity contribution >= 4 is 28.4 Å². The Hall–Kier alpha value is -1.53. The van der Waals surface area contributed by atoms with Crippen molar-refractivity contribution in [3.05, 3.63) is 34.4 Å². The first-order valence-corrected chi connectivity index (χ1v) is 11.2. The second-order valence-corrected chi connectivity index (χ2v) is 8.76. The first-order valence-electron chi connectivity index (χ1n) is 10.1. The molecule has 2 aromatic rings. The molecule has 27 heavy (non-hydrogen) atoms. The molecule has 1 aromatic heterocycles. The average molecular weight is 390 g/mol. The Morgan fingerprint density at radius 1 is 1.33 bits per heavy atom. The molecule has 1 heterocycles. The molecule has 5 nitrogen and oxygen atoms in total. The Morgan fingerprint density at radius 2 is 2.15 bits per heavy atom. The molecule has 0 amide bonds. The van der Waals surface area contributed by atoms with Gasteiger partial charge in [0.2, 0.25) is 0 Å². The van der Waals surface area contributed by atoms with E-state index in [4.69, 9.17) is 9.72 Å². The fourth-order valence-electron chi connectivity index (χ4n) is 3.53. The van der Waals surface area contributed by atoms with Gasteiger partial charge in [0.25, 0.3) is 5.56 Å². The SMILES string of the molecule is CCOCCC(C)SCc1nc2cc(NC3CCCCC3)ccc2c(=O)[nH]1. The van der Waals surface area contributed by atoms with Gasteiger partial charge in [-0.05, 0) is 44.4 Å². The fraction of sp³-hybridized carbons (Fsp3) is 0.619. The maximum Gasteiger partial charge on any atom is 0.258 e. The summed E-state index contributed by atoms with van der Waals surface area (Å²) in [5, 5.41) is 4.74. The predicted octanol–water partition coefficient (Wildman–Crippen LogP) is 4.72. The number of rotatable bonds is 9. The number of anilines is 1. The minimum Gasteiger partial charge on any atom is -0.382 e. The molecule has 3 rings (SSSR count). The van der Waals surface area contributed by atoms with E-state index in [9.17, 15) is 4.79 Å². The first kappa shape index (κ1) is 20.2. The van der Waals surface area contributed by atoms with Gasteiger partial charge in [-0.3, -0.25) is 4.79 Å². The lowest BCUT2D eigenvalue weighted by Crippen LogP contribution is -2.22. The highest BCUT2D eigenvalue weighted by molar-refractivity contribution is 7.99. The van der Waals surface area contributed by atoms with Crippen molar-refractivity contribution in [2.45, 2.75) is 69.4 Å². The first-order chi connectivity index (χ1) is 13.2. The molecule has 0 aliphatic heterocycles. The lowest BCUT2D eigenvalue weighted by molar-refractivity contribution is 0.145. The van der Waals surface area contributed by atoms with Crippen molar-refractivity contribution < 1.29 is 4.74 Å². The van der Waals surface area contributed by atoms with Gasteiger partial charge in [-0.1, -0.05) is 26.2 Å². The van der Waals surface area contributed by atoms with Gasteiger partial charge in [-0.25, -0.2) is 4.98 Å². The van der Waals surface area contributed by atoms with E-state index in [2.05, 4.69) is 17.2 Å². The molecule has 148 valence electrons. The predicted molar refractivity (Wildman–Crippen MR) is 115 cm³/mol. The number of ether oxygens (including phenoxy) is 1. The molecule has 1 aliphatic rings. The van der Waals surface area contributed by atoms with Gasteiger partial charge < -0.3 is 15.0 Å². The molecule has 0 bridgehead atoms. The molecule has 0 spiro atoms. The van der Waals surface area contributed by atoms with E-state index in [1.807, 2.05) is 25.1 Å². The summed E-state index contributed by atoms with van der Waals surface area (Å²) in [6.45, 7) is 5.74. The van der Waals surface area contributed by atoms with E-state index in [1.165, 1.54) is 32.1 Å². The second-order valence-electron chi connectivity index (χ2n) is 7.33. The highest BCUT2D eigenvalue weighted by Gasteiger charge is 2.14. The third-order valence-electron chi connectivity index (χ3n) is 5.11. The van der Waals surface area contributed by atoms with Crippen LogP contribution in [0.1, 0.15) is 58.2 Å². The molecular weight excluding hydrogens is 358 g/mol. The van der Waals surface area contributed by atoms with Crippen molar-refractivity contribution in [2.24, 2.45) is 0 Å². The van der Waals surface area contributed by atoms with Crippen LogP contribution >= 0.6 is 11.8 Å². The summed E-state index contributed by atoms with van der Waals surface area (Å²) in [6, 6.07) is 6.44. The van der Waals surface area contributed by atoms with Crippen LogP contribution in [0.4, 0.5) is 5.69 Å². The van der Waals surface area contributed by atoms with E-state index in [0.29, 0.717) is 22.4 Å². The Kier molecular flexibility index (Phi) is 7.59. The minimum atomic E-state index is -0.0539. The van der Waals surface area contributed by atoms with E-state index >= 15 is 0 Å².